The lowest BCUT2D eigenvalue weighted by atomic mass is 9.43. The Morgan fingerprint density at radius 3 is 2.42 bits per heavy atom. The molecule has 0 bridgehead atoms. The fourth-order valence-electron chi connectivity index (χ4n) is 10.2. The first-order valence-electron chi connectivity index (χ1n) is 13.2. The van der Waals surface area contributed by atoms with E-state index in [0.717, 1.165) is 61.2 Å². The van der Waals surface area contributed by atoms with Gasteiger partial charge in [0.05, 0.1) is 12.0 Å². The molecule has 5 saturated carbocycles. The molecule has 0 aromatic rings. The Labute approximate surface area is 186 Å². The van der Waals surface area contributed by atoms with Crippen molar-refractivity contribution >= 4 is 0 Å². The van der Waals surface area contributed by atoms with Gasteiger partial charge in [0.25, 0.3) is 0 Å². The first-order chi connectivity index (χ1) is 14.5. The van der Waals surface area contributed by atoms with E-state index >= 15 is 0 Å². The van der Waals surface area contributed by atoms with Crippen molar-refractivity contribution in [2.75, 3.05) is 0 Å². The van der Waals surface area contributed by atoms with Crippen LogP contribution in [0.4, 0.5) is 13.2 Å². The number of halogens is 3. The van der Waals surface area contributed by atoms with Crippen molar-refractivity contribution in [1.82, 2.24) is 0 Å². The maximum Gasteiger partial charge on any atom is 0.391 e. The van der Waals surface area contributed by atoms with E-state index in [2.05, 4.69) is 20.8 Å². The third-order valence-electron chi connectivity index (χ3n) is 11.9. The van der Waals surface area contributed by atoms with Crippen molar-refractivity contribution < 1.29 is 18.3 Å². The molecule has 0 radical (unpaired) electrons. The Morgan fingerprint density at radius 2 is 1.71 bits per heavy atom. The summed E-state index contributed by atoms with van der Waals surface area (Å²) in [6.45, 7) is 8.85. The van der Waals surface area contributed by atoms with Crippen LogP contribution in [-0.2, 0) is 0 Å². The van der Waals surface area contributed by atoms with Gasteiger partial charge in [0.1, 0.15) is 0 Å². The van der Waals surface area contributed by atoms with Gasteiger partial charge in [-0.25, -0.2) is 0 Å². The van der Waals surface area contributed by atoms with E-state index in [1.807, 2.05) is 0 Å². The van der Waals surface area contributed by atoms with Crippen molar-refractivity contribution in [2.24, 2.45) is 64.1 Å². The number of aliphatic hydroxyl groups excluding tert-OH is 1. The summed E-state index contributed by atoms with van der Waals surface area (Å²) < 4.78 is 39.0. The van der Waals surface area contributed by atoms with Crippen LogP contribution in [0.5, 0.6) is 0 Å². The van der Waals surface area contributed by atoms with Crippen molar-refractivity contribution in [3.8, 4) is 0 Å². The fraction of sp³-hybridized carbons (Fsp3) is 1.00. The molecule has 12 unspecified atom stereocenters. The topological polar surface area (TPSA) is 20.2 Å². The number of fused-ring (bicyclic) bond motifs is 7. The molecule has 0 heterocycles. The lowest BCUT2D eigenvalue weighted by molar-refractivity contribution is -0.171. The van der Waals surface area contributed by atoms with Gasteiger partial charge in [0.2, 0.25) is 0 Å². The Hall–Kier alpha value is -0.250. The maximum atomic E-state index is 13.0. The summed E-state index contributed by atoms with van der Waals surface area (Å²) in [6, 6.07) is 0. The SMILES string of the molecule is CC1C2C1C1C3CCC4CC(O)CCC4(C)C3CCC1(C)C2CCCC(C)C(F)(F)F. The minimum Gasteiger partial charge on any atom is -0.393 e. The second-order valence-corrected chi connectivity index (χ2v) is 13.0. The van der Waals surface area contributed by atoms with Crippen LogP contribution >= 0.6 is 0 Å². The molecule has 31 heavy (non-hydrogen) atoms. The first kappa shape index (κ1) is 22.5. The van der Waals surface area contributed by atoms with Crippen molar-refractivity contribution in [1.29, 1.82) is 0 Å². The van der Waals surface area contributed by atoms with Crippen LogP contribution in [0.3, 0.4) is 0 Å². The predicted molar refractivity (Wildman–Crippen MR) is 117 cm³/mol. The van der Waals surface area contributed by atoms with E-state index in [4.69, 9.17) is 0 Å². The van der Waals surface area contributed by atoms with Crippen molar-refractivity contribution in [3.05, 3.63) is 0 Å². The zero-order chi connectivity index (χ0) is 22.3. The Bertz CT molecular complexity index is 690. The van der Waals surface area contributed by atoms with Crippen LogP contribution in [0, 0.1) is 64.1 Å². The van der Waals surface area contributed by atoms with E-state index in [1.165, 1.54) is 39.0 Å². The Kier molecular flexibility index (Phi) is 5.36. The molecule has 5 fully saturated rings. The van der Waals surface area contributed by atoms with E-state index in [0.29, 0.717) is 29.1 Å². The normalized spacial score (nSPS) is 54.4. The zero-order valence-electron chi connectivity index (χ0n) is 19.9. The second kappa shape index (κ2) is 7.37. The highest BCUT2D eigenvalue weighted by Crippen LogP contribution is 2.78. The van der Waals surface area contributed by atoms with Gasteiger partial charge in [-0.3, -0.25) is 0 Å². The quantitative estimate of drug-likeness (QED) is 0.480. The Balaban J connectivity index is 1.32. The predicted octanol–water partition coefficient (Wildman–Crippen LogP) is 7.48. The molecule has 0 aliphatic heterocycles. The highest BCUT2D eigenvalue weighted by molar-refractivity contribution is 5.20. The standard InChI is InChI=1S/C27H43F3O/c1-15(27(28,29)30)6-5-7-21-22-16(2)23(22)24-19-9-8-17-14-18(31)10-12-25(17,3)20(19)11-13-26(21,24)4/h15-24,31H,5-14H2,1-4H3. The van der Waals surface area contributed by atoms with Gasteiger partial charge < -0.3 is 5.11 Å². The third-order valence-corrected chi connectivity index (χ3v) is 11.9. The molecule has 0 amide bonds. The number of hydrogen-bond donors (Lipinski definition) is 1. The van der Waals surface area contributed by atoms with Gasteiger partial charge in [-0.1, -0.05) is 34.1 Å². The van der Waals surface area contributed by atoms with Crippen LogP contribution in [0.25, 0.3) is 0 Å². The first-order valence-corrected chi connectivity index (χ1v) is 13.2. The second-order valence-electron chi connectivity index (χ2n) is 13.0. The van der Waals surface area contributed by atoms with Crippen molar-refractivity contribution in [3.63, 3.8) is 0 Å². The van der Waals surface area contributed by atoms with Crippen LogP contribution in [-0.4, -0.2) is 17.4 Å². The molecule has 4 heteroatoms. The minimum atomic E-state index is -4.04. The van der Waals surface area contributed by atoms with E-state index in [1.54, 1.807) is 0 Å². The molecule has 1 nitrogen and oxygen atoms in total. The number of aliphatic hydroxyl groups is 1. The van der Waals surface area contributed by atoms with E-state index in [-0.39, 0.29) is 6.10 Å². The molecule has 178 valence electrons. The van der Waals surface area contributed by atoms with Gasteiger partial charge >= 0.3 is 6.18 Å². The van der Waals surface area contributed by atoms with Crippen LogP contribution in [0.15, 0.2) is 0 Å². The average molecular weight is 441 g/mol. The summed E-state index contributed by atoms with van der Waals surface area (Å²) in [7, 11) is 0. The summed E-state index contributed by atoms with van der Waals surface area (Å²) >= 11 is 0. The summed E-state index contributed by atoms with van der Waals surface area (Å²) in [5, 5.41) is 10.3. The highest BCUT2D eigenvalue weighted by Gasteiger charge is 2.72. The number of rotatable bonds is 4. The van der Waals surface area contributed by atoms with E-state index < -0.39 is 12.1 Å². The van der Waals surface area contributed by atoms with Gasteiger partial charge in [0, 0.05) is 0 Å². The molecule has 12 atom stereocenters. The smallest absolute Gasteiger partial charge is 0.391 e. The highest BCUT2D eigenvalue weighted by atomic mass is 19.4. The van der Waals surface area contributed by atoms with Crippen molar-refractivity contribution in [2.45, 2.75) is 104 Å². The van der Waals surface area contributed by atoms with Crippen LogP contribution < -0.4 is 0 Å². The molecule has 0 spiro atoms. The lowest BCUT2D eigenvalue weighted by Gasteiger charge is -2.62. The van der Waals surface area contributed by atoms with Gasteiger partial charge in [-0.05, 0) is 116 Å². The average Bonchev–Trinajstić information content (AvgIpc) is 3.23. The molecule has 5 aliphatic rings. The number of alkyl halides is 3. The molecule has 0 saturated heterocycles. The summed E-state index contributed by atoms with van der Waals surface area (Å²) in [5.41, 5.74) is 0.749. The summed E-state index contributed by atoms with van der Waals surface area (Å²) in [4.78, 5) is 0. The van der Waals surface area contributed by atoms with E-state index in [9.17, 15) is 18.3 Å². The molecule has 0 aromatic carbocycles. The molecular weight excluding hydrogens is 397 g/mol. The maximum absolute atomic E-state index is 13.0. The van der Waals surface area contributed by atoms with Crippen LogP contribution in [0.1, 0.15) is 91.9 Å². The summed E-state index contributed by atoms with van der Waals surface area (Å²) in [5.74, 6) is 4.94. The van der Waals surface area contributed by atoms with Crippen LogP contribution in [0.2, 0.25) is 0 Å². The summed E-state index contributed by atoms with van der Waals surface area (Å²) in [6.07, 6.45) is 6.25. The molecule has 1 N–H and O–H groups in total. The molecule has 0 aromatic heterocycles. The minimum absolute atomic E-state index is 0.0914. The molecular formula is C27H43F3O. The number of hydrogen-bond acceptors (Lipinski definition) is 1. The Morgan fingerprint density at radius 1 is 1.00 bits per heavy atom. The fourth-order valence-corrected chi connectivity index (χ4v) is 10.2. The third kappa shape index (κ3) is 3.35. The van der Waals surface area contributed by atoms with Gasteiger partial charge in [0.15, 0.2) is 0 Å². The lowest BCUT2D eigenvalue weighted by Crippen LogP contribution is -2.55. The van der Waals surface area contributed by atoms with Gasteiger partial charge in [-0.2, -0.15) is 13.2 Å². The zero-order valence-corrected chi connectivity index (χ0v) is 19.9. The van der Waals surface area contributed by atoms with Gasteiger partial charge in [-0.15, -0.1) is 0 Å². The molecule has 5 aliphatic carbocycles. The largest absolute Gasteiger partial charge is 0.393 e. The monoisotopic (exact) mass is 440 g/mol. The molecule has 5 rings (SSSR count).